The molecule has 34 heavy (non-hydrogen) atoms. The van der Waals surface area contributed by atoms with Crippen molar-refractivity contribution in [2.75, 3.05) is 25.6 Å². The van der Waals surface area contributed by atoms with Crippen LogP contribution in [0.5, 0.6) is 5.75 Å². The number of esters is 1. The third-order valence-corrected chi connectivity index (χ3v) is 4.79. The number of benzene rings is 1. The van der Waals surface area contributed by atoms with Crippen molar-refractivity contribution in [2.24, 2.45) is 0 Å². The Labute approximate surface area is 214 Å². The molecular weight excluding hydrogens is 474 g/mol. The van der Waals surface area contributed by atoms with Crippen LogP contribution in [0.4, 0.5) is 5.69 Å². The SMILES string of the molecule is CCOC(=O)c1cc([C]2[CH][CH][CH][CH]2)nn1C[C@H](O)CNc1ccc(OC)cc1.[CH]1[CH][CH][CH][CH]1.[Fe+2]. The van der Waals surface area contributed by atoms with E-state index in [1.165, 1.54) is 4.68 Å². The van der Waals surface area contributed by atoms with E-state index in [1.54, 1.807) is 20.1 Å². The standard InChI is InChI=1S/C21H24N3O4.C5H5.Fe/c1-3-28-21(26)20-12-19(15-6-4-5-7-15)23-24(20)14-17(25)13-22-16-8-10-18(27-2)11-9-16;1-2-4-5-3-1;/h4-12,17,22,25H,3,13-14H2,1-2H3;1-5H;/q;;+2/t17-;;/m1../s1. The van der Waals surface area contributed by atoms with Crippen LogP contribution >= 0.6 is 0 Å². The minimum Gasteiger partial charge on any atom is -0.497 e. The molecule has 1 atom stereocenters. The summed E-state index contributed by atoms with van der Waals surface area (Å²) >= 11 is 0. The number of rotatable bonds is 9. The van der Waals surface area contributed by atoms with Gasteiger partial charge >= 0.3 is 23.0 Å². The largest absolute Gasteiger partial charge is 2.00 e. The maximum Gasteiger partial charge on any atom is 2.00 e. The number of hydrogen-bond donors (Lipinski definition) is 2. The first-order chi connectivity index (χ1) is 16.1. The Balaban J connectivity index is 0.000000603. The summed E-state index contributed by atoms with van der Waals surface area (Å²) in [5.41, 5.74) is 1.85. The molecule has 0 saturated heterocycles. The molecule has 7 nitrogen and oxygen atoms in total. The third-order valence-electron chi connectivity index (χ3n) is 4.79. The number of methoxy groups -OCH3 is 1. The van der Waals surface area contributed by atoms with Gasteiger partial charge in [-0.1, -0.05) is 0 Å². The van der Waals surface area contributed by atoms with Crippen LogP contribution in [-0.4, -0.2) is 47.2 Å². The Morgan fingerprint density at radius 2 is 1.68 bits per heavy atom. The molecule has 2 aromatic rings. The number of carbonyl (C=O) groups is 1. The van der Waals surface area contributed by atoms with Gasteiger partial charge in [-0.15, -0.1) is 0 Å². The van der Waals surface area contributed by atoms with Gasteiger partial charge in [0.2, 0.25) is 0 Å². The van der Waals surface area contributed by atoms with Crippen LogP contribution < -0.4 is 10.1 Å². The van der Waals surface area contributed by atoms with Gasteiger partial charge in [0.1, 0.15) is 11.4 Å². The Bertz CT molecular complexity index is 839. The molecule has 2 aliphatic carbocycles. The first kappa shape index (κ1) is 28.2. The van der Waals surface area contributed by atoms with Crippen LogP contribution in [0, 0.1) is 63.7 Å². The van der Waals surface area contributed by atoms with E-state index in [0.29, 0.717) is 17.9 Å². The summed E-state index contributed by atoms with van der Waals surface area (Å²) in [6, 6.07) is 9.12. The zero-order valence-electron chi connectivity index (χ0n) is 19.2. The molecule has 4 rings (SSSR count). The fourth-order valence-corrected chi connectivity index (χ4v) is 3.14. The van der Waals surface area contributed by atoms with Gasteiger partial charge in [-0.25, -0.2) is 4.79 Å². The number of aliphatic hydroxyl groups excluding tert-OH is 1. The molecule has 0 unspecified atom stereocenters. The van der Waals surface area contributed by atoms with Gasteiger partial charge in [-0.05, 0) is 95.0 Å². The van der Waals surface area contributed by atoms with Crippen molar-refractivity contribution in [1.29, 1.82) is 0 Å². The quantitative estimate of drug-likeness (QED) is 0.404. The molecule has 0 amide bonds. The number of nitrogens with zero attached hydrogens (tertiary/aromatic N) is 2. The Morgan fingerprint density at radius 1 is 1.06 bits per heavy atom. The third kappa shape index (κ3) is 8.64. The van der Waals surface area contributed by atoms with E-state index in [4.69, 9.17) is 9.47 Å². The monoisotopic (exact) mass is 503 g/mol. The molecule has 10 radical (unpaired) electrons. The van der Waals surface area contributed by atoms with Gasteiger partial charge in [-0.3, -0.25) is 4.68 Å². The van der Waals surface area contributed by atoms with Crippen LogP contribution in [0.3, 0.4) is 0 Å². The molecule has 2 fully saturated rings. The zero-order valence-corrected chi connectivity index (χ0v) is 20.3. The van der Waals surface area contributed by atoms with Crippen LogP contribution in [-0.2, 0) is 28.4 Å². The van der Waals surface area contributed by atoms with E-state index >= 15 is 0 Å². The van der Waals surface area contributed by atoms with E-state index < -0.39 is 12.1 Å². The smallest absolute Gasteiger partial charge is 0.497 e. The second kappa shape index (κ2) is 15.1. The maximum absolute atomic E-state index is 12.3. The van der Waals surface area contributed by atoms with E-state index in [1.807, 2.05) is 82.1 Å². The second-order valence-corrected chi connectivity index (χ2v) is 7.22. The summed E-state index contributed by atoms with van der Waals surface area (Å²) in [5, 5.41) is 18.1. The van der Waals surface area contributed by atoms with Gasteiger partial charge in [0.15, 0.2) is 0 Å². The number of aliphatic hydroxyl groups is 1. The first-order valence-electron chi connectivity index (χ1n) is 10.8. The topological polar surface area (TPSA) is 85.6 Å². The number of anilines is 1. The van der Waals surface area contributed by atoms with Gasteiger partial charge in [0.25, 0.3) is 0 Å². The van der Waals surface area contributed by atoms with Crippen molar-refractivity contribution in [3.63, 3.8) is 0 Å². The van der Waals surface area contributed by atoms with E-state index in [-0.39, 0.29) is 30.2 Å². The number of hydrogen-bond acceptors (Lipinski definition) is 6. The number of carbonyl (C=O) groups excluding carboxylic acids is 1. The van der Waals surface area contributed by atoms with Crippen molar-refractivity contribution in [2.45, 2.75) is 19.6 Å². The Kier molecular flexibility index (Phi) is 12.5. The molecule has 2 saturated carbocycles. The molecule has 0 bridgehead atoms. The van der Waals surface area contributed by atoms with E-state index in [0.717, 1.165) is 17.4 Å². The molecule has 2 aliphatic rings. The van der Waals surface area contributed by atoms with Crippen molar-refractivity contribution >= 4 is 11.7 Å². The normalized spacial score (nSPS) is 16.2. The molecule has 0 spiro atoms. The van der Waals surface area contributed by atoms with Crippen LogP contribution in [0.25, 0.3) is 0 Å². The summed E-state index contributed by atoms with van der Waals surface area (Å²) in [6.45, 7) is 2.50. The Morgan fingerprint density at radius 3 is 2.24 bits per heavy atom. The van der Waals surface area contributed by atoms with Gasteiger partial charge in [0, 0.05) is 18.2 Å². The van der Waals surface area contributed by atoms with Crippen molar-refractivity contribution < 1.29 is 36.4 Å². The molecule has 1 aromatic carbocycles. The van der Waals surface area contributed by atoms with Gasteiger partial charge < -0.3 is 19.9 Å². The van der Waals surface area contributed by atoms with Crippen LogP contribution in [0.2, 0.25) is 0 Å². The fraction of sp³-hybridized carbons (Fsp3) is 0.231. The van der Waals surface area contributed by atoms with Crippen LogP contribution in [0.1, 0.15) is 23.1 Å². The summed E-state index contributed by atoms with van der Waals surface area (Å²) in [5.74, 6) is 1.22. The average molecular weight is 503 g/mol. The fourth-order valence-electron chi connectivity index (χ4n) is 3.14. The number of nitrogens with one attached hydrogen (secondary N) is 1. The zero-order chi connectivity index (χ0) is 23.5. The number of ether oxygens (including phenoxy) is 2. The minimum atomic E-state index is -0.748. The Hall–Kier alpha value is -2.02. The van der Waals surface area contributed by atoms with Crippen molar-refractivity contribution in [3.8, 4) is 5.75 Å². The minimum absolute atomic E-state index is 0. The molecule has 178 valence electrons. The van der Waals surface area contributed by atoms with E-state index in [9.17, 15) is 9.90 Å². The van der Waals surface area contributed by atoms with Gasteiger partial charge in [-0.2, -0.15) is 5.10 Å². The molecule has 0 aliphatic heterocycles. The summed E-state index contributed by atoms with van der Waals surface area (Å²) in [6.07, 6.45) is 16.9. The molecular formula is C26H29FeN3O4+2. The van der Waals surface area contributed by atoms with Crippen molar-refractivity contribution in [1.82, 2.24) is 9.78 Å². The summed E-state index contributed by atoms with van der Waals surface area (Å²) in [7, 11) is 1.61. The maximum atomic E-state index is 12.3. The first-order valence-corrected chi connectivity index (χ1v) is 10.8. The number of aromatic nitrogens is 2. The summed E-state index contributed by atoms with van der Waals surface area (Å²) in [4.78, 5) is 12.3. The van der Waals surface area contributed by atoms with Crippen molar-refractivity contribution in [3.05, 3.63) is 105 Å². The van der Waals surface area contributed by atoms with E-state index in [2.05, 4.69) is 10.4 Å². The molecule has 2 N–H and O–H groups in total. The average Bonchev–Trinajstić information content (AvgIpc) is 3.61. The molecule has 1 heterocycles. The molecule has 8 heteroatoms. The predicted octanol–water partition coefficient (Wildman–Crippen LogP) is 3.31. The van der Waals surface area contributed by atoms with Crippen LogP contribution in [0.15, 0.2) is 30.3 Å². The molecule has 1 aromatic heterocycles. The second-order valence-electron chi connectivity index (χ2n) is 7.22. The van der Waals surface area contributed by atoms with Gasteiger partial charge in [0.05, 0.1) is 32.1 Å². The predicted molar refractivity (Wildman–Crippen MR) is 127 cm³/mol. The summed E-state index contributed by atoms with van der Waals surface area (Å²) < 4.78 is 11.8.